The molecule has 0 aliphatic carbocycles. The van der Waals surface area contributed by atoms with Crippen LogP contribution < -0.4 is 10.6 Å². The van der Waals surface area contributed by atoms with Gasteiger partial charge in [0.2, 0.25) is 0 Å². The van der Waals surface area contributed by atoms with Crippen LogP contribution in [-0.4, -0.2) is 0 Å². The van der Waals surface area contributed by atoms with E-state index in [2.05, 4.69) is 48.5 Å². The fourth-order valence-corrected chi connectivity index (χ4v) is 5.65. The van der Waals surface area contributed by atoms with Gasteiger partial charge < -0.3 is 0 Å². The second-order valence-corrected chi connectivity index (χ2v) is 7.84. The summed E-state index contributed by atoms with van der Waals surface area (Å²) in [5.74, 6) is 0. The molecule has 0 amide bonds. The van der Waals surface area contributed by atoms with Crippen molar-refractivity contribution in [2.45, 2.75) is 0 Å². The summed E-state index contributed by atoms with van der Waals surface area (Å²) in [6.45, 7) is 0. The molecule has 0 radical (unpaired) electrons. The Balaban J connectivity index is 1.61. The molecule has 2 unspecified atom stereocenters. The molecular weight excluding hydrogens is 286 g/mol. The first kappa shape index (κ1) is 13.4. The highest BCUT2D eigenvalue weighted by Gasteiger charge is 1.95. The highest BCUT2D eigenvalue weighted by molar-refractivity contribution is 8.57. The maximum absolute atomic E-state index is 5.50. The molecule has 0 spiro atoms. The van der Waals surface area contributed by atoms with Crippen molar-refractivity contribution in [2.75, 3.05) is 0 Å². The third-order valence-electron chi connectivity index (χ3n) is 1.93. The number of benzene rings is 2. The molecule has 0 bridgehead atoms. The van der Waals surface area contributed by atoms with E-state index in [1.54, 1.807) is 0 Å². The quantitative estimate of drug-likeness (QED) is 0.451. The lowest BCUT2D eigenvalue weighted by Gasteiger charge is -2.01. The van der Waals surface area contributed by atoms with Gasteiger partial charge in [0.15, 0.2) is 0 Å². The Bertz CT molecular complexity index is 384. The fraction of sp³-hybridized carbons (Fsp3) is 0. The Morgan fingerprint density at radius 1 is 0.647 bits per heavy atom. The third kappa shape index (κ3) is 5.42. The standard InChI is InChI=1S/C12H12OP2S2/c1-3-7-11(8-4-1)14-16-13-17-15-12-9-5-2-6-10-12/h1-10,14-15H. The maximum Gasteiger partial charge on any atom is 0.0356 e. The van der Waals surface area contributed by atoms with Gasteiger partial charge in [-0.2, -0.15) is 0 Å². The Morgan fingerprint density at radius 2 is 1.06 bits per heavy atom. The number of hydrogen-bond acceptors (Lipinski definition) is 3. The molecule has 2 rings (SSSR count). The molecule has 0 aromatic heterocycles. The van der Waals surface area contributed by atoms with Gasteiger partial charge in [0, 0.05) is 38.9 Å². The Kier molecular flexibility index (Phi) is 6.41. The number of hydrogen-bond donors (Lipinski definition) is 0. The molecule has 2 aromatic carbocycles. The van der Waals surface area contributed by atoms with Crippen molar-refractivity contribution in [2.24, 2.45) is 0 Å². The van der Waals surface area contributed by atoms with E-state index >= 15 is 0 Å². The smallest absolute Gasteiger partial charge is 0.0356 e. The van der Waals surface area contributed by atoms with E-state index in [1.807, 2.05) is 12.1 Å². The normalized spacial score (nSPS) is 11.8. The zero-order chi connectivity index (χ0) is 11.8. The first-order valence-corrected chi connectivity index (χ1v) is 10.00. The molecule has 0 aliphatic rings. The summed E-state index contributed by atoms with van der Waals surface area (Å²) in [4.78, 5) is 0. The van der Waals surface area contributed by atoms with Crippen LogP contribution in [0.2, 0.25) is 0 Å². The number of rotatable bonds is 6. The second-order valence-electron chi connectivity index (χ2n) is 3.17. The van der Waals surface area contributed by atoms with Crippen LogP contribution in [0.1, 0.15) is 0 Å². The minimum absolute atomic E-state index is 0.650. The van der Waals surface area contributed by atoms with Crippen LogP contribution in [-0.2, 0) is 3.63 Å². The largest absolute Gasteiger partial charge is 0.238 e. The molecule has 88 valence electrons. The van der Waals surface area contributed by atoms with Crippen molar-refractivity contribution >= 4 is 49.5 Å². The van der Waals surface area contributed by atoms with Crippen LogP contribution in [0.15, 0.2) is 60.7 Å². The zero-order valence-corrected chi connectivity index (χ0v) is 12.6. The van der Waals surface area contributed by atoms with Gasteiger partial charge in [-0.15, -0.1) is 0 Å². The maximum atomic E-state index is 5.50. The molecule has 0 N–H and O–H groups in total. The van der Waals surface area contributed by atoms with Gasteiger partial charge in [-0.3, -0.25) is 0 Å². The molecule has 5 heteroatoms. The highest BCUT2D eigenvalue weighted by Crippen LogP contribution is 2.40. The van der Waals surface area contributed by atoms with Crippen LogP contribution >= 0.6 is 38.9 Å². The average Bonchev–Trinajstić information content (AvgIpc) is 2.41. The molecule has 2 aromatic rings. The van der Waals surface area contributed by atoms with E-state index in [-0.39, 0.29) is 0 Å². The van der Waals surface area contributed by atoms with Crippen molar-refractivity contribution in [1.82, 2.24) is 0 Å². The van der Waals surface area contributed by atoms with E-state index in [4.69, 9.17) is 3.63 Å². The molecule has 0 saturated heterocycles. The average molecular weight is 298 g/mol. The molecule has 0 aliphatic heterocycles. The zero-order valence-electron chi connectivity index (χ0n) is 9.00. The molecule has 1 nitrogen and oxygen atoms in total. The first-order chi connectivity index (χ1) is 8.45. The van der Waals surface area contributed by atoms with Crippen molar-refractivity contribution in [3.05, 3.63) is 60.7 Å². The molecule has 0 heterocycles. The van der Waals surface area contributed by atoms with Crippen molar-refractivity contribution in [1.29, 1.82) is 0 Å². The van der Waals surface area contributed by atoms with Crippen molar-refractivity contribution in [3.8, 4) is 0 Å². The van der Waals surface area contributed by atoms with Gasteiger partial charge in [-0.05, 0) is 10.6 Å². The fourth-order valence-electron chi connectivity index (χ4n) is 1.16. The summed E-state index contributed by atoms with van der Waals surface area (Å²) in [6, 6.07) is 20.8. The predicted octanol–water partition coefficient (Wildman–Crippen LogP) is 4.14. The van der Waals surface area contributed by atoms with Crippen LogP contribution in [0.3, 0.4) is 0 Å². The van der Waals surface area contributed by atoms with E-state index in [1.165, 1.54) is 33.9 Å². The van der Waals surface area contributed by atoms with Gasteiger partial charge in [-0.25, -0.2) is 3.63 Å². The molecule has 0 saturated carbocycles. The summed E-state index contributed by atoms with van der Waals surface area (Å²) in [5.41, 5.74) is 0. The summed E-state index contributed by atoms with van der Waals surface area (Å²) in [5, 5.41) is 2.64. The van der Waals surface area contributed by atoms with Crippen LogP contribution in [0.4, 0.5) is 0 Å². The topological polar surface area (TPSA) is 9.23 Å². The van der Waals surface area contributed by atoms with Crippen LogP contribution in [0.25, 0.3) is 0 Å². The van der Waals surface area contributed by atoms with Gasteiger partial charge in [0.25, 0.3) is 0 Å². The summed E-state index contributed by atoms with van der Waals surface area (Å²) in [7, 11) is 1.30. The van der Waals surface area contributed by atoms with E-state index in [9.17, 15) is 0 Å². The first-order valence-electron chi connectivity index (χ1n) is 5.06. The van der Waals surface area contributed by atoms with Gasteiger partial charge in [0.05, 0.1) is 0 Å². The monoisotopic (exact) mass is 298 g/mol. The van der Waals surface area contributed by atoms with Gasteiger partial charge in [-0.1, -0.05) is 60.7 Å². The highest BCUT2D eigenvalue weighted by atomic mass is 32.8. The molecular formula is C12H12OP2S2. The lowest BCUT2D eigenvalue weighted by molar-refractivity contribution is 0.784. The molecule has 2 atom stereocenters. The minimum Gasteiger partial charge on any atom is -0.238 e. The Morgan fingerprint density at radius 3 is 1.47 bits per heavy atom. The lowest BCUT2D eigenvalue weighted by atomic mass is 10.4. The van der Waals surface area contributed by atoms with Crippen molar-refractivity contribution < 1.29 is 3.63 Å². The second kappa shape index (κ2) is 8.13. The SMILES string of the molecule is c1ccc(PSOSPc2ccccc2)cc1. The van der Waals surface area contributed by atoms with Crippen molar-refractivity contribution in [3.63, 3.8) is 0 Å². The van der Waals surface area contributed by atoms with Gasteiger partial charge >= 0.3 is 0 Å². The van der Waals surface area contributed by atoms with Crippen LogP contribution in [0, 0.1) is 0 Å². The van der Waals surface area contributed by atoms with E-state index < -0.39 is 0 Å². The molecule has 17 heavy (non-hydrogen) atoms. The van der Waals surface area contributed by atoms with Gasteiger partial charge in [0.1, 0.15) is 0 Å². The summed E-state index contributed by atoms with van der Waals surface area (Å²) in [6.07, 6.45) is 0. The predicted molar refractivity (Wildman–Crippen MR) is 85.0 cm³/mol. The van der Waals surface area contributed by atoms with Crippen LogP contribution in [0.5, 0.6) is 0 Å². The summed E-state index contributed by atoms with van der Waals surface area (Å²) < 4.78 is 5.50. The minimum atomic E-state index is 0.650. The lowest BCUT2D eigenvalue weighted by Crippen LogP contribution is -1.88. The van der Waals surface area contributed by atoms with E-state index in [0.29, 0.717) is 15.6 Å². The Hall–Kier alpha value is -0.0400. The Labute approximate surface area is 114 Å². The molecule has 0 fully saturated rings. The summed E-state index contributed by atoms with van der Waals surface area (Å²) >= 11 is 3.05. The van der Waals surface area contributed by atoms with E-state index in [0.717, 1.165) is 0 Å². The third-order valence-corrected chi connectivity index (χ3v) is 6.92.